The van der Waals surface area contributed by atoms with Crippen LogP contribution in [0.5, 0.6) is 0 Å². The number of rotatable bonds is 25. The first-order valence-electron chi connectivity index (χ1n) is 13.6. The first-order chi connectivity index (χ1) is 14.3. The minimum atomic E-state index is 0.0760. The molecule has 0 aromatic carbocycles. The third kappa shape index (κ3) is 24.1. The van der Waals surface area contributed by atoms with E-state index in [1.165, 1.54) is 128 Å². The van der Waals surface area contributed by atoms with Gasteiger partial charge in [-0.05, 0) is 12.8 Å². The first kappa shape index (κ1) is 28.9. The normalized spacial score (nSPS) is 12.5. The Labute approximate surface area is 184 Å². The Morgan fingerprint density at radius 1 is 0.483 bits per heavy atom. The molecule has 0 rings (SSSR count). The molecule has 0 saturated heterocycles. The lowest BCUT2D eigenvalue weighted by molar-refractivity contribution is 0.00497. The lowest BCUT2D eigenvalue weighted by atomic mass is 10.0. The molecule has 0 fully saturated rings. The summed E-state index contributed by atoms with van der Waals surface area (Å²) < 4.78 is 5.91. The maximum atomic E-state index is 9.52. The maximum Gasteiger partial charge on any atom is 0.0805 e. The smallest absolute Gasteiger partial charge is 0.0805 e. The Balaban J connectivity index is 3.27. The average molecular weight is 413 g/mol. The van der Waals surface area contributed by atoms with E-state index in [0.29, 0.717) is 0 Å². The zero-order chi connectivity index (χ0) is 21.3. The molecule has 0 heterocycles. The molecule has 0 aliphatic carbocycles. The molecule has 0 aliphatic rings. The number of unbranched alkanes of at least 4 members (excludes halogenated alkanes) is 19. The predicted molar refractivity (Wildman–Crippen MR) is 130 cm³/mol. The van der Waals surface area contributed by atoms with Gasteiger partial charge in [0.25, 0.3) is 0 Å². The lowest BCUT2D eigenvalue weighted by Gasteiger charge is -2.15. The van der Waals surface area contributed by atoms with E-state index < -0.39 is 0 Å². The second kappa shape index (κ2) is 26.0. The molecular weight excluding hydrogens is 356 g/mol. The summed E-state index contributed by atoms with van der Waals surface area (Å²) in [5, 5.41) is 9.52. The van der Waals surface area contributed by atoms with Gasteiger partial charge in [-0.3, -0.25) is 0 Å². The van der Waals surface area contributed by atoms with Crippen molar-refractivity contribution in [2.45, 2.75) is 161 Å². The Morgan fingerprint density at radius 2 is 0.828 bits per heavy atom. The van der Waals surface area contributed by atoms with Crippen LogP contribution in [0.2, 0.25) is 0 Å². The number of ether oxygens (including phenoxy) is 1. The average Bonchev–Trinajstić information content (AvgIpc) is 2.74. The summed E-state index contributed by atoms with van der Waals surface area (Å²) in [7, 11) is 0. The summed E-state index contributed by atoms with van der Waals surface area (Å²) in [4.78, 5) is 0. The molecule has 2 heteroatoms. The summed E-state index contributed by atoms with van der Waals surface area (Å²) >= 11 is 0. The van der Waals surface area contributed by atoms with Gasteiger partial charge in [0, 0.05) is 6.61 Å². The molecule has 0 spiro atoms. The molecular formula is C27H56O2. The van der Waals surface area contributed by atoms with E-state index in [1.807, 2.05) is 0 Å². The number of hydrogen-bond acceptors (Lipinski definition) is 2. The van der Waals surface area contributed by atoms with Crippen molar-refractivity contribution in [1.29, 1.82) is 0 Å². The van der Waals surface area contributed by atoms with E-state index >= 15 is 0 Å². The van der Waals surface area contributed by atoms with Crippen LogP contribution in [0.15, 0.2) is 0 Å². The van der Waals surface area contributed by atoms with Gasteiger partial charge in [0.05, 0.1) is 12.7 Å². The second-order valence-corrected chi connectivity index (χ2v) is 9.18. The van der Waals surface area contributed by atoms with Gasteiger partial charge >= 0.3 is 0 Å². The summed E-state index contributed by atoms with van der Waals surface area (Å²) in [6, 6.07) is 0. The van der Waals surface area contributed by atoms with Gasteiger partial charge in [0.2, 0.25) is 0 Å². The maximum absolute atomic E-state index is 9.52. The third-order valence-electron chi connectivity index (χ3n) is 6.18. The highest BCUT2D eigenvalue weighted by molar-refractivity contribution is 4.58. The summed E-state index contributed by atoms with van der Waals surface area (Å²) in [5.74, 6) is 0. The molecule has 2 nitrogen and oxygen atoms in total. The quantitative estimate of drug-likeness (QED) is 0.152. The molecule has 29 heavy (non-hydrogen) atoms. The summed E-state index contributed by atoms with van der Waals surface area (Å²) in [5.41, 5.74) is 0. The molecule has 0 aromatic heterocycles. The van der Waals surface area contributed by atoms with Crippen LogP contribution in [-0.4, -0.2) is 24.4 Å². The zero-order valence-electron chi connectivity index (χ0n) is 20.4. The minimum absolute atomic E-state index is 0.0760. The third-order valence-corrected chi connectivity index (χ3v) is 6.18. The van der Waals surface area contributed by atoms with E-state index in [4.69, 9.17) is 4.74 Å². The van der Waals surface area contributed by atoms with E-state index in [1.54, 1.807) is 0 Å². The predicted octanol–water partition coefficient (Wildman–Crippen LogP) is 8.99. The van der Waals surface area contributed by atoms with Gasteiger partial charge in [-0.2, -0.15) is 0 Å². The highest BCUT2D eigenvalue weighted by atomic mass is 16.5. The van der Waals surface area contributed by atoms with Crippen molar-refractivity contribution in [1.82, 2.24) is 0 Å². The molecule has 0 radical (unpaired) electrons. The Kier molecular flexibility index (Phi) is 25.9. The standard InChI is InChI=1S/C27H56O2/c1-3-5-7-9-11-13-15-16-18-20-22-24-27(26-28)29-25-23-21-19-17-14-12-10-8-6-4-2/h27-28H,3-26H2,1-2H3. The van der Waals surface area contributed by atoms with Crippen molar-refractivity contribution >= 4 is 0 Å². The molecule has 0 aliphatic heterocycles. The molecule has 0 bridgehead atoms. The van der Waals surface area contributed by atoms with Gasteiger partial charge < -0.3 is 9.84 Å². The van der Waals surface area contributed by atoms with Crippen LogP contribution in [-0.2, 0) is 4.74 Å². The lowest BCUT2D eigenvalue weighted by Crippen LogP contribution is -2.18. The van der Waals surface area contributed by atoms with Crippen molar-refractivity contribution in [3.63, 3.8) is 0 Å². The van der Waals surface area contributed by atoms with Gasteiger partial charge in [-0.15, -0.1) is 0 Å². The topological polar surface area (TPSA) is 29.5 Å². The van der Waals surface area contributed by atoms with Crippen molar-refractivity contribution in [2.75, 3.05) is 13.2 Å². The zero-order valence-corrected chi connectivity index (χ0v) is 20.4. The SMILES string of the molecule is CCCCCCCCCCCCCC(CO)OCCCCCCCCCCCC. The summed E-state index contributed by atoms with van der Waals surface area (Å²) in [6.07, 6.45) is 29.8. The molecule has 0 amide bonds. The molecule has 0 aromatic rings. The van der Waals surface area contributed by atoms with E-state index in [9.17, 15) is 5.11 Å². The van der Waals surface area contributed by atoms with Gasteiger partial charge in [0.15, 0.2) is 0 Å². The second-order valence-electron chi connectivity index (χ2n) is 9.18. The molecule has 0 saturated carbocycles. The van der Waals surface area contributed by atoms with Gasteiger partial charge in [-0.1, -0.05) is 142 Å². The highest BCUT2D eigenvalue weighted by Gasteiger charge is 2.07. The fourth-order valence-corrected chi connectivity index (χ4v) is 4.10. The van der Waals surface area contributed by atoms with Gasteiger partial charge in [0.1, 0.15) is 0 Å². The Morgan fingerprint density at radius 3 is 1.21 bits per heavy atom. The van der Waals surface area contributed by atoms with Crippen LogP contribution in [0.1, 0.15) is 155 Å². The van der Waals surface area contributed by atoms with Crippen LogP contribution in [0.25, 0.3) is 0 Å². The van der Waals surface area contributed by atoms with Crippen LogP contribution in [0.3, 0.4) is 0 Å². The largest absolute Gasteiger partial charge is 0.394 e. The van der Waals surface area contributed by atoms with E-state index in [2.05, 4.69) is 13.8 Å². The number of aliphatic hydroxyl groups is 1. The minimum Gasteiger partial charge on any atom is -0.394 e. The van der Waals surface area contributed by atoms with Crippen molar-refractivity contribution in [3.8, 4) is 0 Å². The fraction of sp³-hybridized carbons (Fsp3) is 1.00. The molecule has 1 unspecified atom stereocenters. The van der Waals surface area contributed by atoms with Crippen LogP contribution < -0.4 is 0 Å². The monoisotopic (exact) mass is 412 g/mol. The van der Waals surface area contributed by atoms with E-state index in [0.717, 1.165) is 19.4 Å². The first-order valence-corrected chi connectivity index (χ1v) is 13.6. The number of hydrogen-bond donors (Lipinski definition) is 1. The summed E-state index contributed by atoms with van der Waals surface area (Å²) in [6.45, 7) is 5.58. The highest BCUT2D eigenvalue weighted by Crippen LogP contribution is 2.14. The molecule has 176 valence electrons. The Bertz CT molecular complexity index is 254. The van der Waals surface area contributed by atoms with Crippen LogP contribution >= 0.6 is 0 Å². The van der Waals surface area contributed by atoms with Crippen LogP contribution in [0, 0.1) is 0 Å². The van der Waals surface area contributed by atoms with Crippen LogP contribution in [0.4, 0.5) is 0 Å². The van der Waals surface area contributed by atoms with Crippen molar-refractivity contribution in [2.24, 2.45) is 0 Å². The van der Waals surface area contributed by atoms with E-state index in [-0.39, 0.29) is 12.7 Å². The van der Waals surface area contributed by atoms with Crippen molar-refractivity contribution in [3.05, 3.63) is 0 Å². The molecule has 1 N–H and O–H groups in total. The molecule has 1 atom stereocenters. The van der Waals surface area contributed by atoms with Gasteiger partial charge in [-0.25, -0.2) is 0 Å². The van der Waals surface area contributed by atoms with Crippen molar-refractivity contribution < 1.29 is 9.84 Å². The number of aliphatic hydroxyl groups excluding tert-OH is 1. The fourth-order valence-electron chi connectivity index (χ4n) is 4.10. The Hall–Kier alpha value is -0.0800.